The van der Waals surface area contributed by atoms with Gasteiger partial charge in [-0.05, 0) is 47.2 Å². The van der Waals surface area contributed by atoms with Crippen LogP contribution in [0.2, 0.25) is 10.0 Å². The van der Waals surface area contributed by atoms with Crippen molar-refractivity contribution in [2.24, 2.45) is 0 Å². The number of imide groups is 1. The number of hydrogen-bond donors (Lipinski definition) is 1. The van der Waals surface area contributed by atoms with Crippen LogP contribution >= 0.6 is 23.2 Å². The van der Waals surface area contributed by atoms with Gasteiger partial charge in [0.05, 0.1) is 5.69 Å². The van der Waals surface area contributed by atoms with Crippen molar-refractivity contribution in [2.75, 3.05) is 4.90 Å². The molecule has 0 spiro atoms. The molecule has 5 rings (SSSR count). The number of urea groups is 1. The van der Waals surface area contributed by atoms with E-state index in [9.17, 15) is 9.59 Å². The Morgan fingerprint density at radius 2 is 1.68 bits per heavy atom. The summed E-state index contributed by atoms with van der Waals surface area (Å²) in [4.78, 5) is 26.9. The molecule has 1 N–H and O–H groups in total. The maximum atomic E-state index is 13.2. The number of carbonyl (C=O) groups excluding carboxylic acids is 2. The predicted octanol–water partition coefficient (Wildman–Crippen LogP) is 6.82. The number of benzene rings is 4. The summed E-state index contributed by atoms with van der Waals surface area (Å²) < 4.78 is 6.13. The van der Waals surface area contributed by atoms with Gasteiger partial charge < -0.3 is 10.1 Å². The molecular formula is C27H18Cl2N2O3. The van der Waals surface area contributed by atoms with E-state index in [-0.39, 0.29) is 12.3 Å². The highest BCUT2D eigenvalue weighted by Crippen LogP contribution is 2.33. The third kappa shape index (κ3) is 4.23. The fourth-order valence-electron chi connectivity index (χ4n) is 3.85. The van der Waals surface area contributed by atoms with Crippen molar-refractivity contribution in [1.29, 1.82) is 0 Å². The van der Waals surface area contributed by atoms with Gasteiger partial charge in [-0.25, -0.2) is 9.69 Å². The average molecular weight is 489 g/mol. The zero-order chi connectivity index (χ0) is 23.7. The van der Waals surface area contributed by atoms with E-state index in [1.165, 1.54) is 0 Å². The molecular weight excluding hydrogens is 471 g/mol. The molecule has 3 amide bonds. The van der Waals surface area contributed by atoms with Gasteiger partial charge in [0, 0.05) is 21.2 Å². The average Bonchev–Trinajstić information content (AvgIpc) is 3.12. The third-order valence-electron chi connectivity index (χ3n) is 5.50. The lowest BCUT2D eigenvalue weighted by atomic mass is 10.0. The van der Waals surface area contributed by atoms with Gasteiger partial charge in [-0.3, -0.25) is 4.79 Å². The molecule has 4 aromatic rings. The van der Waals surface area contributed by atoms with Crippen LogP contribution in [0.1, 0.15) is 11.1 Å². The first-order valence-corrected chi connectivity index (χ1v) is 11.3. The topological polar surface area (TPSA) is 58.6 Å². The number of nitrogens with one attached hydrogen (secondary N) is 1. The SMILES string of the molecule is O=C1NC(=Cc2c(OCc3ccccc3Cl)ccc3ccccc23)C(=O)N1c1cccc(Cl)c1. The molecule has 34 heavy (non-hydrogen) atoms. The molecule has 0 aromatic heterocycles. The van der Waals surface area contributed by atoms with Crippen LogP contribution in [0.4, 0.5) is 10.5 Å². The highest BCUT2D eigenvalue weighted by molar-refractivity contribution is 6.32. The zero-order valence-corrected chi connectivity index (χ0v) is 19.3. The summed E-state index contributed by atoms with van der Waals surface area (Å²) in [5, 5.41) is 5.57. The molecule has 0 saturated carbocycles. The Hall–Kier alpha value is -3.80. The second-order valence-electron chi connectivity index (χ2n) is 7.69. The van der Waals surface area contributed by atoms with Gasteiger partial charge >= 0.3 is 6.03 Å². The molecule has 1 heterocycles. The van der Waals surface area contributed by atoms with Crippen LogP contribution in [0, 0.1) is 0 Å². The van der Waals surface area contributed by atoms with Gasteiger partial charge in [-0.1, -0.05) is 77.8 Å². The van der Waals surface area contributed by atoms with Crippen LogP contribution in [-0.2, 0) is 11.4 Å². The van der Waals surface area contributed by atoms with Crippen LogP contribution in [-0.4, -0.2) is 11.9 Å². The Morgan fingerprint density at radius 3 is 2.50 bits per heavy atom. The van der Waals surface area contributed by atoms with E-state index < -0.39 is 11.9 Å². The van der Waals surface area contributed by atoms with Crippen molar-refractivity contribution >= 4 is 57.7 Å². The van der Waals surface area contributed by atoms with Crippen molar-refractivity contribution in [3.63, 3.8) is 0 Å². The molecule has 4 aromatic carbocycles. The highest BCUT2D eigenvalue weighted by atomic mass is 35.5. The molecule has 1 fully saturated rings. The zero-order valence-electron chi connectivity index (χ0n) is 17.8. The van der Waals surface area contributed by atoms with E-state index in [2.05, 4.69) is 5.32 Å². The number of hydrogen-bond acceptors (Lipinski definition) is 3. The molecule has 0 unspecified atom stereocenters. The molecule has 0 aliphatic carbocycles. The van der Waals surface area contributed by atoms with E-state index in [0.717, 1.165) is 21.2 Å². The normalized spacial score (nSPS) is 14.6. The van der Waals surface area contributed by atoms with E-state index in [0.29, 0.717) is 27.0 Å². The summed E-state index contributed by atoms with van der Waals surface area (Å²) >= 11 is 12.3. The molecule has 5 nitrogen and oxygen atoms in total. The minimum absolute atomic E-state index is 0.143. The van der Waals surface area contributed by atoms with E-state index in [1.807, 2.05) is 54.6 Å². The molecule has 168 valence electrons. The molecule has 0 atom stereocenters. The first kappa shape index (κ1) is 22.0. The number of nitrogens with zero attached hydrogens (tertiary/aromatic N) is 1. The van der Waals surface area contributed by atoms with Crippen molar-refractivity contribution in [1.82, 2.24) is 5.32 Å². The number of halogens is 2. The van der Waals surface area contributed by atoms with Gasteiger partial charge in [0.15, 0.2) is 0 Å². The Kier molecular flexibility index (Phi) is 5.97. The summed E-state index contributed by atoms with van der Waals surface area (Å²) in [5.41, 5.74) is 2.06. The minimum Gasteiger partial charge on any atom is -0.488 e. The second-order valence-corrected chi connectivity index (χ2v) is 8.53. The molecule has 1 aliphatic heterocycles. The maximum Gasteiger partial charge on any atom is 0.333 e. The molecule has 1 aliphatic rings. The fraction of sp³-hybridized carbons (Fsp3) is 0.0370. The van der Waals surface area contributed by atoms with Crippen molar-refractivity contribution < 1.29 is 14.3 Å². The molecule has 0 radical (unpaired) electrons. The van der Waals surface area contributed by atoms with Crippen molar-refractivity contribution in [3.8, 4) is 5.75 Å². The summed E-state index contributed by atoms with van der Waals surface area (Å²) in [6.45, 7) is 0.253. The summed E-state index contributed by atoms with van der Waals surface area (Å²) in [6, 6.07) is 25.1. The fourth-order valence-corrected chi connectivity index (χ4v) is 4.23. The monoisotopic (exact) mass is 488 g/mol. The van der Waals surface area contributed by atoms with E-state index >= 15 is 0 Å². The van der Waals surface area contributed by atoms with Crippen LogP contribution < -0.4 is 15.0 Å². The first-order valence-electron chi connectivity index (χ1n) is 10.5. The largest absolute Gasteiger partial charge is 0.488 e. The summed E-state index contributed by atoms with van der Waals surface area (Å²) in [7, 11) is 0. The smallest absolute Gasteiger partial charge is 0.333 e. The molecule has 7 heteroatoms. The van der Waals surface area contributed by atoms with Crippen molar-refractivity contribution in [2.45, 2.75) is 6.61 Å². The lowest BCUT2D eigenvalue weighted by Gasteiger charge is -2.14. The lowest BCUT2D eigenvalue weighted by molar-refractivity contribution is -0.113. The summed E-state index contributed by atoms with van der Waals surface area (Å²) in [6.07, 6.45) is 1.65. The number of ether oxygens (including phenoxy) is 1. The standard InChI is InChI=1S/C27H18Cl2N2O3/c28-19-8-5-9-20(14-19)31-26(32)24(30-27(31)33)15-22-21-10-3-1-6-17(21)12-13-25(22)34-16-18-7-2-4-11-23(18)29/h1-15H,16H2,(H,30,33). The number of carbonyl (C=O) groups is 2. The molecule has 0 bridgehead atoms. The van der Waals surface area contributed by atoms with Gasteiger partial charge in [0.1, 0.15) is 18.1 Å². The van der Waals surface area contributed by atoms with Gasteiger partial charge in [-0.15, -0.1) is 0 Å². The third-order valence-corrected chi connectivity index (χ3v) is 6.11. The Balaban J connectivity index is 1.54. The predicted molar refractivity (Wildman–Crippen MR) is 135 cm³/mol. The van der Waals surface area contributed by atoms with Crippen LogP contribution in [0.3, 0.4) is 0 Å². The highest BCUT2D eigenvalue weighted by Gasteiger charge is 2.35. The quantitative estimate of drug-likeness (QED) is 0.247. The number of anilines is 1. The number of fused-ring (bicyclic) bond motifs is 1. The first-order chi connectivity index (χ1) is 16.5. The molecule has 1 saturated heterocycles. The van der Waals surface area contributed by atoms with E-state index in [1.54, 1.807) is 36.4 Å². The lowest BCUT2D eigenvalue weighted by Crippen LogP contribution is -2.30. The van der Waals surface area contributed by atoms with Gasteiger partial charge in [-0.2, -0.15) is 0 Å². The summed E-state index contributed by atoms with van der Waals surface area (Å²) in [5.74, 6) is 0.0895. The Labute approximate surface area is 206 Å². The van der Waals surface area contributed by atoms with Gasteiger partial charge in [0.2, 0.25) is 0 Å². The number of amides is 3. The number of rotatable bonds is 5. The van der Waals surface area contributed by atoms with Crippen LogP contribution in [0.25, 0.3) is 16.8 Å². The van der Waals surface area contributed by atoms with E-state index in [4.69, 9.17) is 27.9 Å². The second kappa shape index (κ2) is 9.21. The van der Waals surface area contributed by atoms with Crippen LogP contribution in [0.5, 0.6) is 5.75 Å². The van der Waals surface area contributed by atoms with Crippen molar-refractivity contribution in [3.05, 3.63) is 112 Å². The van der Waals surface area contributed by atoms with Crippen LogP contribution in [0.15, 0.2) is 90.6 Å². The minimum atomic E-state index is -0.544. The van der Waals surface area contributed by atoms with Gasteiger partial charge in [0.25, 0.3) is 5.91 Å². The Morgan fingerprint density at radius 1 is 0.882 bits per heavy atom. The Bertz CT molecular complexity index is 1470. The maximum absolute atomic E-state index is 13.2.